The molecule has 0 fully saturated rings. The molecule has 6 nitrogen and oxygen atoms in total. The molecule has 0 radical (unpaired) electrons. The van der Waals surface area contributed by atoms with E-state index in [-0.39, 0.29) is 12.2 Å². The van der Waals surface area contributed by atoms with Crippen molar-refractivity contribution in [3.63, 3.8) is 0 Å². The normalized spacial score (nSPS) is 13.3. The van der Waals surface area contributed by atoms with Gasteiger partial charge in [0, 0.05) is 23.6 Å². The summed E-state index contributed by atoms with van der Waals surface area (Å²) in [6, 6.07) is 17.0. The van der Waals surface area contributed by atoms with Gasteiger partial charge in [0.1, 0.15) is 5.75 Å². The summed E-state index contributed by atoms with van der Waals surface area (Å²) in [6.07, 6.45) is 2.79. The first-order valence-electron chi connectivity index (χ1n) is 10.3. The molecule has 1 N–H and O–H groups in total. The number of aliphatic hydroxyl groups is 1. The maximum Gasteiger partial charge on any atom is 0.168 e. The number of hydrogen-bond acceptors (Lipinski definition) is 5. The number of ether oxygens (including phenoxy) is 1. The lowest BCUT2D eigenvalue weighted by atomic mass is 9.96. The molecule has 1 aliphatic rings. The van der Waals surface area contributed by atoms with Crippen LogP contribution in [0.15, 0.2) is 60.8 Å². The highest BCUT2D eigenvalue weighted by molar-refractivity contribution is 5.97. The molecule has 0 aliphatic carbocycles. The lowest BCUT2D eigenvalue weighted by molar-refractivity contribution is 0.0784. The lowest BCUT2D eigenvalue weighted by Gasteiger charge is -2.17. The Hall–Kier alpha value is -3.51. The van der Waals surface area contributed by atoms with E-state index in [2.05, 4.69) is 16.1 Å². The van der Waals surface area contributed by atoms with E-state index in [0.717, 1.165) is 29.0 Å². The number of nitrogens with zero attached hydrogens (tertiary/aromatic N) is 3. The van der Waals surface area contributed by atoms with Crippen LogP contribution in [0.3, 0.4) is 0 Å². The Morgan fingerprint density at radius 2 is 1.94 bits per heavy atom. The van der Waals surface area contributed by atoms with Crippen molar-refractivity contribution in [3.8, 4) is 17.0 Å². The van der Waals surface area contributed by atoms with Gasteiger partial charge in [-0.05, 0) is 49.2 Å². The van der Waals surface area contributed by atoms with Gasteiger partial charge in [-0.1, -0.05) is 24.3 Å². The molecular formula is C25H23N3O3. The minimum Gasteiger partial charge on any atom is -0.493 e. The highest BCUT2D eigenvalue weighted by Gasteiger charge is 2.18. The van der Waals surface area contributed by atoms with E-state index in [0.29, 0.717) is 23.5 Å². The number of fused-ring (bicyclic) bond motifs is 2. The monoisotopic (exact) mass is 413 g/mol. The van der Waals surface area contributed by atoms with E-state index in [4.69, 9.17) is 4.74 Å². The third kappa shape index (κ3) is 3.70. The van der Waals surface area contributed by atoms with Crippen LogP contribution in [0.2, 0.25) is 0 Å². The van der Waals surface area contributed by atoms with Gasteiger partial charge in [-0.2, -0.15) is 5.10 Å². The summed E-state index contributed by atoms with van der Waals surface area (Å²) >= 11 is 0. The molecule has 1 aliphatic heterocycles. The first-order chi connectivity index (χ1) is 14.9. The number of carbonyl (C=O) groups is 1. The second kappa shape index (κ2) is 7.32. The summed E-state index contributed by atoms with van der Waals surface area (Å²) in [5, 5.41) is 14.5. The van der Waals surface area contributed by atoms with E-state index in [9.17, 15) is 9.90 Å². The zero-order valence-electron chi connectivity index (χ0n) is 17.5. The van der Waals surface area contributed by atoms with Gasteiger partial charge in [0.05, 0.1) is 36.2 Å². The van der Waals surface area contributed by atoms with Crippen LogP contribution >= 0.6 is 0 Å². The molecular weight excluding hydrogens is 390 g/mol. The first-order valence-corrected chi connectivity index (χ1v) is 10.3. The average Bonchev–Trinajstić information content (AvgIpc) is 3.41. The maximum atomic E-state index is 12.9. The fourth-order valence-corrected chi connectivity index (χ4v) is 3.94. The van der Waals surface area contributed by atoms with Crippen LogP contribution in [0.25, 0.3) is 16.9 Å². The van der Waals surface area contributed by atoms with Crippen molar-refractivity contribution >= 4 is 11.4 Å². The predicted octanol–water partition coefficient (Wildman–Crippen LogP) is 3.98. The van der Waals surface area contributed by atoms with E-state index in [1.807, 2.05) is 24.3 Å². The van der Waals surface area contributed by atoms with Crippen molar-refractivity contribution < 1.29 is 14.6 Å². The topological polar surface area (TPSA) is 76.7 Å². The molecule has 0 spiro atoms. The summed E-state index contributed by atoms with van der Waals surface area (Å²) in [4.78, 5) is 17.5. The Kier molecular flexibility index (Phi) is 4.59. The molecule has 156 valence electrons. The van der Waals surface area contributed by atoms with Crippen LogP contribution < -0.4 is 4.74 Å². The number of carbonyl (C=O) groups excluding carboxylic acids is 1. The van der Waals surface area contributed by atoms with Crippen molar-refractivity contribution in [3.05, 3.63) is 83.2 Å². The van der Waals surface area contributed by atoms with Gasteiger partial charge in [-0.3, -0.25) is 4.79 Å². The van der Waals surface area contributed by atoms with Crippen LogP contribution in [-0.2, 0) is 18.4 Å². The first kappa shape index (κ1) is 19.5. The summed E-state index contributed by atoms with van der Waals surface area (Å²) in [6.45, 7) is 4.15. The van der Waals surface area contributed by atoms with E-state index in [1.54, 1.807) is 48.8 Å². The van der Waals surface area contributed by atoms with Crippen LogP contribution in [0.5, 0.6) is 5.75 Å². The highest BCUT2D eigenvalue weighted by atomic mass is 16.5. The van der Waals surface area contributed by atoms with E-state index >= 15 is 0 Å². The second-order valence-corrected chi connectivity index (χ2v) is 8.39. The van der Waals surface area contributed by atoms with Crippen LogP contribution in [0, 0.1) is 0 Å². The number of aromatic nitrogens is 3. The Morgan fingerprint density at radius 3 is 2.71 bits per heavy atom. The maximum absolute atomic E-state index is 12.9. The highest BCUT2D eigenvalue weighted by Crippen LogP contribution is 2.31. The molecule has 31 heavy (non-hydrogen) atoms. The molecule has 0 amide bonds. The Labute approximate surface area is 180 Å². The van der Waals surface area contributed by atoms with Gasteiger partial charge in [0.15, 0.2) is 11.4 Å². The number of ketones is 1. The standard InChI is InChI=1S/C25H23N3O3/c1-25(2,30)19-6-3-16(4-7-19)22(29)15-20-14-21(28-24(27-20)9-11-26-28)17-5-8-23-18(13-17)10-12-31-23/h3-9,11,13-14,30H,10,12,15H2,1-2H3. The Morgan fingerprint density at radius 1 is 1.13 bits per heavy atom. The molecule has 6 heteroatoms. The quantitative estimate of drug-likeness (QED) is 0.501. The van der Waals surface area contributed by atoms with Gasteiger partial charge in [-0.15, -0.1) is 0 Å². The van der Waals surface area contributed by atoms with Crippen molar-refractivity contribution in [1.82, 2.24) is 14.6 Å². The molecule has 0 unspecified atom stereocenters. The largest absolute Gasteiger partial charge is 0.493 e. The van der Waals surface area contributed by atoms with Crippen LogP contribution in [0.4, 0.5) is 0 Å². The Balaban J connectivity index is 1.48. The van der Waals surface area contributed by atoms with Crippen molar-refractivity contribution in [2.45, 2.75) is 32.3 Å². The summed E-state index contributed by atoms with van der Waals surface area (Å²) in [7, 11) is 0. The summed E-state index contributed by atoms with van der Waals surface area (Å²) < 4.78 is 7.42. The van der Waals surface area contributed by atoms with Gasteiger partial charge in [-0.25, -0.2) is 9.50 Å². The minimum absolute atomic E-state index is 0.0213. The number of rotatable bonds is 5. The fourth-order valence-electron chi connectivity index (χ4n) is 3.94. The Bertz CT molecular complexity index is 1280. The molecule has 5 rings (SSSR count). The molecule has 4 aromatic rings. The number of benzene rings is 2. The van der Waals surface area contributed by atoms with Gasteiger partial charge in [0.25, 0.3) is 0 Å². The van der Waals surface area contributed by atoms with Crippen LogP contribution in [-0.4, -0.2) is 32.1 Å². The van der Waals surface area contributed by atoms with E-state index in [1.165, 1.54) is 5.56 Å². The fraction of sp³-hybridized carbons (Fsp3) is 0.240. The summed E-state index contributed by atoms with van der Waals surface area (Å²) in [5.74, 6) is 0.909. The van der Waals surface area contributed by atoms with Crippen molar-refractivity contribution in [1.29, 1.82) is 0 Å². The van der Waals surface area contributed by atoms with Gasteiger partial charge in [0.2, 0.25) is 0 Å². The van der Waals surface area contributed by atoms with E-state index < -0.39 is 5.60 Å². The second-order valence-electron chi connectivity index (χ2n) is 8.39. The van der Waals surface area contributed by atoms with Gasteiger partial charge < -0.3 is 9.84 Å². The molecule has 0 saturated carbocycles. The summed E-state index contributed by atoms with van der Waals surface area (Å²) in [5.41, 5.74) is 4.91. The molecule has 0 atom stereocenters. The molecule has 0 bridgehead atoms. The third-order valence-corrected chi connectivity index (χ3v) is 5.65. The zero-order chi connectivity index (χ0) is 21.6. The lowest BCUT2D eigenvalue weighted by Crippen LogP contribution is -2.15. The van der Waals surface area contributed by atoms with Gasteiger partial charge >= 0.3 is 0 Å². The SMILES string of the molecule is CC(C)(O)c1ccc(C(=O)Cc2cc(-c3ccc4c(c3)CCO4)n3nccc3n2)cc1. The minimum atomic E-state index is -0.939. The molecule has 0 saturated heterocycles. The molecule has 2 aromatic carbocycles. The average molecular weight is 413 g/mol. The smallest absolute Gasteiger partial charge is 0.168 e. The predicted molar refractivity (Wildman–Crippen MR) is 117 cm³/mol. The number of hydrogen-bond donors (Lipinski definition) is 1. The molecule has 3 heterocycles. The van der Waals surface area contributed by atoms with Crippen molar-refractivity contribution in [2.75, 3.05) is 6.61 Å². The third-order valence-electron chi connectivity index (χ3n) is 5.65. The van der Waals surface area contributed by atoms with Crippen LogP contribution in [0.1, 0.15) is 41.0 Å². The molecule has 2 aromatic heterocycles. The number of Topliss-reactive ketones (excluding diaryl/α,β-unsaturated/α-hetero) is 1. The van der Waals surface area contributed by atoms with Crippen molar-refractivity contribution in [2.24, 2.45) is 0 Å². The zero-order valence-corrected chi connectivity index (χ0v) is 17.5.